The van der Waals surface area contributed by atoms with Crippen molar-refractivity contribution < 1.29 is 13.9 Å². The zero-order valence-electron chi connectivity index (χ0n) is 23.2. The van der Waals surface area contributed by atoms with Crippen molar-refractivity contribution >= 4 is 33.4 Å². The zero-order chi connectivity index (χ0) is 29.1. The molecule has 0 saturated carbocycles. The second-order valence-corrected chi connectivity index (χ2v) is 9.68. The number of rotatable bonds is 9. The van der Waals surface area contributed by atoms with Gasteiger partial charge in [-0.1, -0.05) is 12.7 Å². The highest BCUT2D eigenvalue weighted by molar-refractivity contribution is 5.99. The maximum Gasteiger partial charge on any atom is 0.238 e. The minimum absolute atomic E-state index is 0.138. The fourth-order valence-electron chi connectivity index (χ4n) is 4.58. The average molecular weight is 552 g/mol. The number of nitrogens with one attached hydrogen (secondary N) is 3. The fraction of sp³-hybridized carbons (Fsp3) is 0.161. The number of ether oxygens (including phenoxy) is 1. The lowest BCUT2D eigenvalue weighted by molar-refractivity contribution is -0.120. The van der Waals surface area contributed by atoms with Crippen molar-refractivity contribution in [1.82, 2.24) is 35.4 Å². The summed E-state index contributed by atoms with van der Waals surface area (Å²) in [7, 11) is 5.16. The monoisotopic (exact) mass is 551 g/mol. The molecule has 1 aromatic carbocycles. The van der Waals surface area contributed by atoms with Gasteiger partial charge in [-0.2, -0.15) is 5.10 Å². The molecule has 208 valence electrons. The van der Waals surface area contributed by atoms with E-state index in [0.29, 0.717) is 39.6 Å². The van der Waals surface area contributed by atoms with Crippen LogP contribution in [0.25, 0.3) is 50.2 Å². The van der Waals surface area contributed by atoms with Gasteiger partial charge in [-0.05, 0) is 75.1 Å². The molecule has 5 rings (SSSR count). The third-order valence-corrected chi connectivity index (χ3v) is 6.47. The van der Waals surface area contributed by atoms with Crippen LogP contribution in [0.15, 0.2) is 79.2 Å². The Bertz CT molecular complexity index is 1830. The maximum absolute atomic E-state index is 14.3. The van der Waals surface area contributed by atoms with Gasteiger partial charge in [0.15, 0.2) is 0 Å². The SMILES string of the molecule is C=C/C(=C\C(=C/C)c1ccc2[nH]nc(-c3cc4c(-c5cc(F)cc(OC)c5)nccc4[nH]3)c2n1)NC(=O)CN(C)C. The molecule has 5 aromatic rings. The van der Waals surface area contributed by atoms with E-state index in [9.17, 15) is 9.18 Å². The van der Waals surface area contributed by atoms with Gasteiger partial charge in [0.2, 0.25) is 5.91 Å². The lowest BCUT2D eigenvalue weighted by Gasteiger charge is -2.11. The molecule has 1 amide bonds. The van der Waals surface area contributed by atoms with Crippen LogP contribution >= 0.6 is 0 Å². The van der Waals surface area contributed by atoms with E-state index in [1.165, 1.54) is 19.2 Å². The predicted molar refractivity (Wildman–Crippen MR) is 160 cm³/mol. The van der Waals surface area contributed by atoms with Gasteiger partial charge >= 0.3 is 0 Å². The van der Waals surface area contributed by atoms with Crippen LogP contribution in [-0.4, -0.2) is 63.7 Å². The molecule has 0 aliphatic rings. The van der Waals surface area contributed by atoms with Crippen molar-refractivity contribution in [1.29, 1.82) is 0 Å². The van der Waals surface area contributed by atoms with E-state index in [-0.39, 0.29) is 12.5 Å². The fourth-order valence-corrected chi connectivity index (χ4v) is 4.58. The van der Waals surface area contributed by atoms with Gasteiger partial charge in [-0.15, -0.1) is 0 Å². The van der Waals surface area contributed by atoms with E-state index in [4.69, 9.17) is 9.72 Å². The molecule has 0 radical (unpaired) electrons. The number of H-pyrrole nitrogens is 2. The number of fused-ring (bicyclic) bond motifs is 2. The number of carbonyl (C=O) groups is 1. The summed E-state index contributed by atoms with van der Waals surface area (Å²) in [5.41, 5.74) is 6.91. The van der Waals surface area contributed by atoms with Crippen LogP contribution in [0.3, 0.4) is 0 Å². The summed E-state index contributed by atoms with van der Waals surface area (Å²) in [6.07, 6.45) is 7.03. The Morgan fingerprint density at radius 1 is 1.15 bits per heavy atom. The predicted octanol–water partition coefficient (Wildman–Crippen LogP) is 5.47. The number of hydrogen-bond donors (Lipinski definition) is 3. The molecule has 0 spiro atoms. The zero-order valence-corrected chi connectivity index (χ0v) is 23.2. The summed E-state index contributed by atoms with van der Waals surface area (Å²) in [6, 6.07) is 12.1. The van der Waals surface area contributed by atoms with Gasteiger partial charge < -0.3 is 19.9 Å². The standard InChI is InChI=1S/C31H30FN7O2/c1-6-18(13-21(7-2)34-28(40)17-39(3)4)24-8-9-26-30(36-24)31(38-37-26)27-16-23-25(35-27)10-11-33-29(23)19-12-20(32)15-22(14-19)41-5/h6-16,35H,2,17H2,1,3-5H3,(H,34,40)(H,37,38)/b18-6+,21-13+. The normalized spacial score (nSPS) is 12.3. The number of aromatic amines is 2. The first kappa shape index (κ1) is 27.5. The number of pyridine rings is 2. The molecule has 10 heteroatoms. The minimum Gasteiger partial charge on any atom is -0.497 e. The minimum atomic E-state index is -0.408. The molecule has 0 bridgehead atoms. The van der Waals surface area contributed by atoms with Crippen molar-refractivity contribution in [3.05, 3.63) is 90.7 Å². The summed E-state index contributed by atoms with van der Waals surface area (Å²) < 4.78 is 19.5. The lowest BCUT2D eigenvalue weighted by Crippen LogP contribution is -2.32. The van der Waals surface area contributed by atoms with Crippen LogP contribution in [0, 0.1) is 5.82 Å². The Morgan fingerprint density at radius 2 is 1.98 bits per heavy atom. The van der Waals surface area contributed by atoms with Crippen molar-refractivity contribution in [3.8, 4) is 28.4 Å². The van der Waals surface area contributed by atoms with Crippen LogP contribution in [0.5, 0.6) is 5.75 Å². The molecular weight excluding hydrogens is 521 g/mol. The Kier molecular flexibility index (Phi) is 7.75. The van der Waals surface area contributed by atoms with E-state index in [1.807, 2.05) is 57.4 Å². The number of likely N-dealkylation sites (N-methyl/N-ethyl adjacent to an activating group) is 1. The first-order chi connectivity index (χ1) is 19.8. The maximum atomic E-state index is 14.3. The molecule has 4 heterocycles. The largest absolute Gasteiger partial charge is 0.497 e. The number of methoxy groups -OCH3 is 1. The molecule has 0 atom stereocenters. The summed E-state index contributed by atoms with van der Waals surface area (Å²) in [5, 5.41) is 11.3. The molecule has 0 saturated heterocycles. The molecule has 4 aromatic heterocycles. The lowest BCUT2D eigenvalue weighted by atomic mass is 10.1. The smallest absolute Gasteiger partial charge is 0.238 e. The van der Waals surface area contributed by atoms with E-state index in [2.05, 4.69) is 32.1 Å². The number of aromatic nitrogens is 5. The summed E-state index contributed by atoms with van der Waals surface area (Å²) in [5.74, 6) is -0.133. The quantitative estimate of drug-likeness (QED) is 0.210. The van der Waals surface area contributed by atoms with E-state index in [1.54, 1.807) is 23.2 Å². The summed E-state index contributed by atoms with van der Waals surface area (Å²) >= 11 is 0. The van der Waals surface area contributed by atoms with E-state index < -0.39 is 5.82 Å². The molecule has 0 aliphatic heterocycles. The van der Waals surface area contributed by atoms with Crippen molar-refractivity contribution in [2.75, 3.05) is 27.7 Å². The van der Waals surface area contributed by atoms with Crippen LogP contribution in [0.4, 0.5) is 4.39 Å². The topological polar surface area (TPSA) is 112 Å². The summed E-state index contributed by atoms with van der Waals surface area (Å²) in [4.78, 5) is 26.9. The van der Waals surface area contributed by atoms with E-state index in [0.717, 1.165) is 27.7 Å². The van der Waals surface area contributed by atoms with Crippen LogP contribution < -0.4 is 10.1 Å². The number of amides is 1. The first-order valence-corrected chi connectivity index (χ1v) is 12.9. The van der Waals surface area contributed by atoms with Crippen LogP contribution in [0.2, 0.25) is 0 Å². The highest BCUT2D eigenvalue weighted by atomic mass is 19.1. The summed E-state index contributed by atoms with van der Waals surface area (Å²) in [6.45, 7) is 6.00. The van der Waals surface area contributed by atoms with E-state index >= 15 is 0 Å². The number of carbonyl (C=O) groups excluding carboxylic acids is 1. The second kappa shape index (κ2) is 11.6. The van der Waals surface area contributed by atoms with Crippen molar-refractivity contribution in [2.45, 2.75) is 6.92 Å². The number of nitrogens with zero attached hydrogens (tertiary/aromatic N) is 4. The van der Waals surface area contributed by atoms with Gasteiger partial charge in [0.25, 0.3) is 0 Å². The van der Waals surface area contributed by atoms with Gasteiger partial charge in [-0.25, -0.2) is 9.37 Å². The number of benzene rings is 1. The molecule has 0 fully saturated rings. The average Bonchev–Trinajstić information content (AvgIpc) is 3.58. The third-order valence-electron chi connectivity index (χ3n) is 6.47. The highest BCUT2D eigenvalue weighted by Gasteiger charge is 2.17. The number of allylic oxidation sites excluding steroid dienone is 4. The highest BCUT2D eigenvalue weighted by Crippen LogP contribution is 2.34. The second-order valence-electron chi connectivity index (χ2n) is 9.68. The number of halogens is 1. The van der Waals surface area contributed by atoms with Crippen molar-refractivity contribution in [2.24, 2.45) is 0 Å². The first-order valence-electron chi connectivity index (χ1n) is 12.9. The van der Waals surface area contributed by atoms with Crippen molar-refractivity contribution in [3.63, 3.8) is 0 Å². The third kappa shape index (κ3) is 5.78. The van der Waals surface area contributed by atoms with Gasteiger partial charge in [0, 0.05) is 34.4 Å². The van der Waals surface area contributed by atoms with Crippen LogP contribution in [0.1, 0.15) is 12.6 Å². The molecule has 9 nitrogen and oxygen atoms in total. The van der Waals surface area contributed by atoms with Gasteiger partial charge in [0.1, 0.15) is 22.8 Å². The Morgan fingerprint density at radius 3 is 2.71 bits per heavy atom. The Balaban J connectivity index is 1.54. The Hall–Kier alpha value is -5.09. The number of hydrogen-bond acceptors (Lipinski definition) is 6. The molecule has 3 N–H and O–H groups in total. The Labute approximate surface area is 236 Å². The molecule has 41 heavy (non-hydrogen) atoms. The molecule has 0 aliphatic carbocycles. The van der Waals surface area contributed by atoms with Gasteiger partial charge in [0.05, 0.1) is 36.3 Å². The van der Waals surface area contributed by atoms with Crippen LogP contribution in [-0.2, 0) is 4.79 Å². The molecule has 0 unspecified atom stereocenters. The molecular formula is C31H30FN7O2. The van der Waals surface area contributed by atoms with Gasteiger partial charge in [-0.3, -0.25) is 14.9 Å².